The summed E-state index contributed by atoms with van der Waals surface area (Å²) in [6.45, 7) is 4.04. The van der Waals surface area contributed by atoms with Gasteiger partial charge in [-0.05, 0) is 18.9 Å². The molecule has 2 saturated heterocycles. The molecule has 0 spiro atoms. The predicted octanol–water partition coefficient (Wildman–Crippen LogP) is -0.0447. The summed E-state index contributed by atoms with van der Waals surface area (Å²) in [6, 6.07) is 1.72. The summed E-state index contributed by atoms with van der Waals surface area (Å²) in [5.41, 5.74) is 6.12. The van der Waals surface area contributed by atoms with Crippen LogP contribution in [0.2, 0.25) is 0 Å². The Bertz CT molecular complexity index is 708. The molecule has 0 aromatic carbocycles. The second kappa shape index (κ2) is 9.13. The zero-order chi connectivity index (χ0) is 17.9. The van der Waals surface area contributed by atoms with Gasteiger partial charge < -0.3 is 15.5 Å². The van der Waals surface area contributed by atoms with Crippen LogP contribution in [0.4, 0.5) is 5.95 Å². The predicted molar refractivity (Wildman–Crippen MR) is 112 cm³/mol. The number of hydrogen-bond donors (Lipinski definition) is 1. The van der Waals surface area contributed by atoms with Gasteiger partial charge in [0.05, 0.1) is 12.8 Å². The summed E-state index contributed by atoms with van der Waals surface area (Å²) in [5.74, 6) is 1.21. The van der Waals surface area contributed by atoms with Crippen LogP contribution in [-0.4, -0.2) is 85.1 Å². The molecule has 0 radical (unpaired) electrons. The lowest BCUT2D eigenvalue weighted by Crippen LogP contribution is -2.51. The summed E-state index contributed by atoms with van der Waals surface area (Å²) in [6.07, 6.45) is 6.44. The second-order valence-corrected chi connectivity index (χ2v) is 8.33. The number of piperazine rings is 1. The van der Waals surface area contributed by atoms with Gasteiger partial charge in [-0.2, -0.15) is 4.31 Å². The summed E-state index contributed by atoms with van der Waals surface area (Å²) < 4.78 is 25.1. The zero-order valence-electron chi connectivity index (χ0n) is 14.9. The third-order valence-corrected chi connectivity index (χ3v) is 5.98. The molecule has 2 aliphatic rings. The Hall–Kier alpha value is -1.21. The van der Waals surface area contributed by atoms with Crippen molar-refractivity contribution >= 4 is 45.9 Å². The molecule has 0 unspecified atom stereocenters. The Balaban J connectivity index is 0.00000243. The SMILES string of the molecule is CS(=O)(=O)N1CCC[C@@H]1CN=C(N)N1CCN(c2ncccn2)CC1.I. The topological polar surface area (TPSA) is 108 Å². The highest BCUT2D eigenvalue weighted by Crippen LogP contribution is 2.20. The van der Waals surface area contributed by atoms with Crippen LogP contribution < -0.4 is 10.6 Å². The molecule has 26 heavy (non-hydrogen) atoms. The molecule has 1 atom stereocenters. The van der Waals surface area contributed by atoms with Gasteiger partial charge in [-0.3, -0.25) is 4.99 Å². The van der Waals surface area contributed by atoms with Crippen molar-refractivity contribution in [1.29, 1.82) is 0 Å². The molecular weight excluding hydrogens is 469 g/mol. The first kappa shape index (κ1) is 21.1. The number of aliphatic imine (C=N–C) groups is 1. The Morgan fingerprint density at radius 1 is 1.23 bits per heavy atom. The molecular formula is C15H26IN7O2S. The molecule has 0 amide bonds. The van der Waals surface area contributed by atoms with Crippen molar-refractivity contribution in [3.63, 3.8) is 0 Å². The van der Waals surface area contributed by atoms with E-state index in [2.05, 4.69) is 19.9 Å². The minimum absolute atomic E-state index is 0. The molecule has 0 bridgehead atoms. The van der Waals surface area contributed by atoms with E-state index in [4.69, 9.17) is 5.73 Å². The Kier molecular flexibility index (Phi) is 7.41. The number of anilines is 1. The third kappa shape index (κ3) is 5.16. The smallest absolute Gasteiger partial charge is 0.225 e. The van der Waals surface area contributed by atoms with Crippen LogP contribution in [-0.2, 0) is 10.0 Å². The van der Waals surface area contributed by atoms with Crippen LogP contribution in [0.3, 0.4) is 0 Å². The van der Waals surface area contributed by atoms with Gasteiger partial charge in [0, 0.05) is 51.2 Å². The van der Waals surface area contributed by atoms with Gasteiger partial charge in [0.1, 0.15) is 0 Å². The number of rotatable bonds is 4. The molecule has 0 aliphatic carbocycles. The van der Waals surface area contributed by atoms with E-state index in [0.717, 1.165) is 45.0 Å². The molecule has 2 N–H and O–H groups in total. The van der Waals surface area contributed by atoms with E-state index in [0.29, 0.717) is 19.0 Å². The summed E-state index contributed by atoms with van der Waals surface area (Å²) in [4.78, 5) is 17.1. The number of halogens is 1. The molecule has 9 nitrogen and oxygen atoms in total. The first-order chi connectivity index (χ1) is 11.9. The molecule has 146 valence electrons. The molecule has 11 heteroatoms. The quantitative estimate of drug-likeness (QED) is 0.355. The molecule has 2 aliphatic heterocycles. The van der Waals surface area contributed by atoms with E-state index in [1.54, 1.807) is 18.5 Å². The fourth-order valence-electron chi connectivity index (χ4n) is 3.32. The Labute approximate surface area is 171 Å². The highest BCUT2D eigenvalue weighted by Gasteiger charge is 2.31. The van der Waals surface area contributed by atoms with Crippen molar-refractivity contribution < 1.29 is 8.42 Å². The van der Waals surface area contributed by atoms with Crippen molar-refractivity contribution in [2.45, 2.75) is 18.9 Å². The maximum Gasteiger partial charge on any atom is 0.225 e. The van der Waals surface area contributed by atoms with Gasteiger partial charge in [-0.25, -0.2) is 18.4 Å². The second-order valence-electron chi connectivity index (χ2n) is 6.39. The Morgan fingerprint density at radius 3 is 2.50 bits per heavy atom. The van der Waals surface area contributed by atoms with E-state index < -0.39 is 10.0 Å². The third-order valence-electron chi connectivity index (χ3n) is 4.65. The van der Waals surface area contributed by atoms with Gasteiger partial charge >= 0.3 is 0 Å². The summed E-state index contributed by atoms with van der Waals surface area (Å²) in [7, 11) is -3.17. The highest BCUT2D eigenvalue weighted by molar-refractivity contribution is 14.0. The highest BCUT2D eigenvalue weighted by atomic mass is 127. The average molecular weight is 495 g/mol. The fourth-order valence-corrected chi connectivity index (χ4v) is 4.49. The summed E-state index contributed by atoms with van der Waals surface area (Å²) in [5, 5.41) is 0. The number of nitrogens with two attached hydrogens (primary N) is 1. The van der Waals surface area contributed by atoms with Crippen LogP contribution in [0.5, 0.6) is 0 Å². The number of aromatic nitrogens is 2. The fraction of sp³-hybridized carbons (Fsp3) is 0.667. The number of guanidine groups is 1. The van der Waals surface area contributed by atoms with E-state index in [-0.39, 0.29) is 30.0 Å². The van der Waals surface area contributed by atoms with Gasteiger partial charge in [0.15, 0.2) is 5.96 Å². The number of hydrogen-bond acceptors (Lipinski definition) is 6. The first-order valence-corrected chi connectivity index (χ1v) is 10.3. The van der Waals surface area contributed by atoms with E-state index in [1.165, 1.54) is 10.6 Å². The lowest BCUT2D eigenvalue weighted by atomic mass is 10.2. The monoisotopic (exact) mass is 495 g/mol. The number of sulfonamides is 1. The normalized spacial score (nSPS) is 22.3. The van der Waals surface area contributed by atoms with Gasteiger partial charge in [0.25, 0.3) is 0 Å². The van der Waals surface area contributed by atoms with E-state index in [1.807, 2.05) is 4.90 Å². The van der Waals surface area contributed by atoms with E-state index in [9.17, 15) is 8.42 Å². The largest absolute Gasteiger partial charge is 0.370 e. The first-order valence-electron chi connectivity index (χ1n) is 8.49. The molecule has 0 saturated carbocycles. The maximum atomic E-state index is 11.8. The summed E-state index contributed by atoms with van der Waals surface area (Å²) >= 11 is 0. The van der Waals surface area contributed by atoms with Crippen LogP contribution >= 0.6 is 24.0 Å². The minimum atomic E-state index is -3.17. The number of nitrogens with zero attached hydrogens (tertiary/aromatic N) is 6. The van der Waals surface area contributed by atoms with Crippen molar-refractivity contribution in [3.05, 3.63) is 18.5 Å². The van der Waals surface area contributed by atoms with Gasteiger partial charge in [-0.15, -0.1) is 24.0 Å². The lowest BCUT2D eigenvalue weighted by Gasteiger charge is -2.35. The van der Waals surface area contributed by atoms with Gasteiger partial charge in [0.2, 0.25) is 16.0 Å². The molecule has 1 aromatic heterocycles. The van der Waals surface area contributed by atoms with Crippen LogP contribution in [0.25, 0.3) is 0 Å². The van der Waals surface area contributed by atoms with Crippen molar-refractivity contribution in [2.75, 3.05) is 50.4 Å². The van der Waals surface area contributed by atoms with Gasteiger partial charge in [-0.1, -0.05) is 0 Å². The van der Waals surface area contributed by atoms with E-state index >= 15 is 0 Å². The van der Waals surface area contributed by atoms with Crippen LogP contribution in [0, 0.1) is 0 Å². The van der Waals surface area contributed by atoms with Crippen molar-refractivity contribution in [2.24, 2.45) is 10.7 Å². The lowest BCUT2D eigenvalue weighted by molar-refractivity contribution is 0.371. The zero-order valence-corrected chi connectivity index (χ0v) is 18.0. The average Bonchev–Trinajstić information content (AvgIpc) is 3.10. The molecule has 2 fully saturated rings. The molecule has 1 aromatic rings. The molecule has 3 rings (SSSR count). The van der Waals surface area contributed by atoms with Crippen LogP contribution in [0.15, 0.2) is 23.5 Å². The Morgan fingerprint density at radius 2 is 1.88 bits per heavy atom. The standard InChI is InChI=1S/C15H25N7O2S.HI/c1-25(23,24)22-7-2-4-13(22)12-19-14(16)20-8-10-21(11-9-20)15-17-5-3-6-18-15;/h3,5-6,13H,2,4,7-12H2,1H3,(H2,16,19);1H/t13-;/m1./s1. The minimum Gasteiger partial charge on any atom is -0.370 e. The van der Waals surface area contributed by atoms with Crippen molar-refractivity contribution in [1.82, 2.24) is 19.2 Å². The maximum absolute atomic E-state index is 11.8. The molecule has 3 heterocycles. The van der Waals surface area contributed by atoms with Crippen molar-refractivity contribution in [3.8, 4) is 0 Å². The van der Waals surface area contributed by atoms with Crippen LogP contribution in [0.1, 0.15) is 12.8 Å².